The van der Waals surface area contributed by atoms with Crippen molar-refractivity contribution in [2.24, 2.45) is 0 Å². The Hall–Kier alpha value is -1.56. The molecule has 2 rings (SSSR count). The molecule has 2 atom stereocenters. The lowest BCUT2D eigenvalue weighted by Crippen LogP contribution is -2.27. The van der Waals surface area contributed by atoms with Crippen LogP contribution in [0.3, 0.4) is 0 Å². The summed E-state index contributed by atoms with van der Waals surface area (Å²) in [7, 11) is 1.55. The standard InChI is InChI=1S/C10H16N4O2/c1-6-7(3-4-16-6)12-8-5-9(15-2)14-10(11)13-8/h5-7H,3-4H2,1-2H3,(H3,11,12,13,14). The van der Waals surface area contributed by atoms with Gasteiger partial charge in [0.1, 0.15) is 5.82 Å². The van der Waals surface area contributed by atoms with Gasteiger partial charge in [0.05, 0.1) is 19.3 Å². The van der Waals surface area contributed by atoms with Gasteiger partial charge in [0.25, 0.3) is 0 Å². The van der Waals surface area contributed by atoms with Crippen molar-refractivity contribution in [2.45, 2.75) is 25.5 Å². The largest absolute Gasteiger partial charge is 0.481 e. The number of nitrogen functional groups attached to an aromatic ring is 1. The quantitative estimate of drug-likeness (QED) is 0.784. The first-order chi connectivity index (χ1) is 7.69. The predicted molar refractivity (Wildman–Crippen MR) is 60.4 cm³/mol. The molecule has 1 fully saturated rings. The van der Waals surface area contributed by atoms with Gasteiger partial charge in [-0.25, -0.2) is 0 Å². The summed E-state index contributed by atoms with van der Waals surface area (Å²) in [4.78, 5) is 8.02. The first-order valence-corrected chi connectivity index (χ1v) is 5.25. The summed E-state index contributed by atoms with van der Waals surface area (Å²) in [6, 6.07) is 1.99. The molecule has 1 aliphatic heterocycles. The van der Waals surface area contributed by atoms with Gasteiger partial charge in [0.15, 0.2) is 0 Å². The summed E-state index contributed by atoms with van der Waals surface area (Å²) in [5, 5.41) is 3.27. The Bertz CT molecular complexity index is 372. The Balaban J connectivity index is 2.11. The molecule has 0 aromatic carbocycles. The number of nitrogens with one attached hydrogen (secondary N) is 1. The molecule has 3 N–H and O–H groups in total. The van der Waals surface area contributed by atoms with Gasteiger partial charge in [-0.15, -0.1) is 0 Å². The van der Waals surface area contributed by atoms with Crippen LogP contribution >= 0.6 is 0 Å². The van der Waals surface area contributed by atoms with Crippen molar-refractivity contribution in [3.05, 3.63) is 6.07 Å². The molecule has 0 aliphatic carbocycles. The number of methoxy groups -OCH3 is 1. The maximum Gasteiger partial charge on any atom is 0.225 e. The lowest BCUT2D eigenvalue weighted by Gasteiger charge is -2.16. The fourth-order valence-electron chi connectivity index (χ4n) is 1.73. The average molecular weight is 224 g/mol. The number of nitrogens with zero attached hydrogens (tertiary/aromatic N) is 2. The number of hydrogen-bond acceptors (Lipinski definition) is 6. The van der Waals surface area contributed by atoms with Crippen molar-refractivity contribution >= 4 is 11.8 Å². The molecule has 2 unspecified atom stereocenters. The maximum atomic E-state index is 5.57. The third-order valence-corrected chi connectivity index (χ3v) is 2.64. The highest BCUT2D eigenvalue weighted by molar-refractivity contribution is 5.43. The minimum absolute atomic E-state index is 0.183. The predicted octanol–water partition coefficient (Wildman–Crippen LogP) is 0.657. The molecule has 6 nitrogen and oxygen atoms in total. The summed E-state index contributed by atoms with van der Waals surface area (Å²) in [6.07, 6.45) is 1.15. The molecule has 1 aromatic heterocycles. The fraction of sp³-hybridized carbons (Fsp3) is 0.600. The van der Waals surface area contributed by atoms with E-state index >= 15 is 0 Å². The molecule has 1 saturated heterocycles. The molecule has 88 valence electrons. The van der Waals surface area contributed by atoms with E-state index in [0.29, 0.717) is 11.7 Å². The summed E-state index contributed by atoms with van der Waals surface area (Å²) in [6.45, 7) is 2.81. The third kappa shape index (κ3) is 2.33. The number of rotatable bonds is 3. The van der Waals surface area contributed by atoms with E-state index in [9.17, 15) is 0 Å². The second-order valence-electron chi connectivity index (χ2n) is 3.77. The highest BCUT2D eigenvalue weighted by Crippen LogP contribution is 2.20. The lowest BCUT2D eigenvalue weighted by molar-refractivity contribution is 0.121. The van der Waals surface area contributed by atoms with Crippen molar-refractivity contribution in [1.29, 1.82) is 0 Å². The van der Waals surface area contributed by atoms with Gasteiger partial charge in [-0.05, 0) is 13.3 Å². The second kappa shape index (κ2) is 4.52. The number of hydrogen-bond donors (Lipinski definition) is 2. The van der Waals surface area contributed by atoms with E-state index in [0.717, 1.165) is 13.0 Å². The molecule has 0 saturated carbocycles. The molecular formula is C10H16N4O2. The molecule has 6 heteroatoms. The van der Waals surface area contributed by atoms with Gasteiger partial charge in [-0.1, -0.05) is 0 Å². The summed E-state index contributed by atoms with van der Waals surface area (Å²) in [5.74, 6) is 1.33. The van der Waals surface area contributed by atoms with Crippen LogP contribution in [-0.2, 0) is 4.74 Å². The van der Waals surface area contributed by atoms with Crippen molar-refractivity contribution in [2.75, 3.05) is 24.8 Å². The number of anilines is 2. The van der Waals surface area contributed by atoms with Crippen LogP contribution in [0, 0.1) is 0 Å². The molecule has 1 aliphatic rings. The van der Waals surface area contributed by atoms with Crippen LogP contribution in [0.1, 0.15) is 13.3 Å². The number of ether oxygens (including phenoxy) is 2. The lowest BCUT2D eigenvalue weighted by atomic mass is 10.1. The van der Waals surface area contributed by atoms with Crippen LogP contribution in [0.15, 0.2) is 6.07 Å². The molecule has 1 aromatic rings. The van der Waals surface area contributed by atoms with Crippen LogP contribution in [0.5, 0.6) is 5.88 Å². The van der Waals surface area contributed by atoms with Crippen molar-refractivity contribution in [1.82, 2.24) is 9.97 Å². The Kier molecular flexibility index (Phi) is 3.09. The highest BCUT2D eigenvalue weighted by atomic mass is 16.5. The average Bonchev–Trinajstić information content (AvgIpc) is 2.63. The molecular weight excluding hydrogens is 208 g/mol. The number of nitrogens with two attached hydrogens (primary N) is 1. The zero-order valence-electron chi connectivity index (χ0n) is 9.43. The SMILES string of the molecule is COc1cc(NC2CCOC2C)nc(N)n1. The Labute approximate surface area is 94.2 Å². The van der Waals surface area contributed by atoms with Gasteiger partial charge < -0.3 is 20.5 Å². The van der Waals surface area contributed by atoms with E-state index in [4.69, 9.17) is 15.2 Å². The molecule has 0 radical (unpaired) electrons. The van der Waals surface area contributed by atoms with E-state index < -0.39 is 0 Å². The summed E-state index contributed by atoms with van der Waals surface area (Å²) < 4.78 is 10.5. The highest BCUT2D eigenvalue weighted by Gasteiger charge is 2.24. The van der Waals surface area contributed by atoms with Gasteiger partial charge in [-0.3, -0.25) is 0 Å². The van der Waals surface area contributed by atoms with Gasteiger partial charge in [0.2, 0.25) is 11.8 Å². The van der Waals surface area contributed by atoms with E-state index in [1.54, 1.807) is 13.2 Å². The summed E-state index contributed by atoms with van der Waals surface area (Å²) >= 11 is 0. The first kappa shape index (κ1) is 10.9. The minimum Gasteiger partial charge on any atom is -0.481 e. The topological polar surface area (TPSA) is 82.3 Å². The van der Waals surface area contributed by atoms with Crippen LogP contribution in [0.4, 0.5) is 11.8 Å². The van der Waals surface area contributed by atoms with Crippen LogP contribution < -0.4 is 15.8 Å². The van der Waals surface area contributed by atoms with E-state index in [2.05, 4.69) is 15.3 Å². The van der Waals surface area contributed by atoms with Crippen LogP contribution in [0.2, 0.25) is 0 Å². The Morgan fingerprint density at radius 3 is 3.00 bits per heavy atom. The summed E-state index contributed by atoms with van der Waals surface area (Å²) in [5.41, 5.74) is 5.57. The molecule has 2 heterocycles. The minimum atomic E-state index is 0.183. The van der Waals surface area contributed by atoms with E-state index in [1.165, 1.54) is 0 Å². The van der Waals surface area contributed by atoms with Crippen molar-refractivity contribution in [3.8, 4) is 5.88 Å². The van der Waals surface area contributed by atoms with Gasteiger partial charge in [-0.2, -0.15) is 9.97 Å². The Morgan fingerprint density at radius 2 is 2.38 bits per heavy atom. The zero-order chi connectivity index (χ0) is 11.5. The molecule has 0 spiro atoms. The fourth-order valence-corrected chi connectivity index (χ4v) is 1.73. The van der Waals surface area contributed by atoms with Crippen LogP contribution in [0.25, 0.3) is 0 Å². The van der Waals surface area contributed by atoms with E-state index in [-0.39, 0.29) is 18.1 Å². The zero-order valence-corrected chi connectivity index (χ0v) is 9.43. The molecule has 0 amide bonds. The van der Waals surface area contributed by atoms with Crippen molar-refractivity contribution in [3.63, 3.8) is 0 Å². The second-order valence-corrected chi connectivity index (χ2v) is 3.77. The number of aromatic nitrogens is 2. The van der Waals surface area contributed by atoms with Gasteiger partial charge in [0, 0.05) is 12.7 Å². The molecule has 0 bridgehead atoms. The molecule has 16 heavy (non-hydrogen) atoms. The first-order valence-electron chi connectivity index (χ1n) is 5.25. The van der Waals surface area contributed by atoms with Crippen LogP contribution in [-0.4, -0.2) is 35.8 Å². The Morgan fingerprint density at radius 1 is 1.56 bits per heavy atom. The smallest absolute Gasteiger partial charge is 0.225 e. The van der Waals surface area contributed by atoms with Gasteiger partial charge >= 0.3 is 0 Å². The van der Waals surface area contributed by atoms with Crippen molar-refractivity contribution < 1.29 is 9.47 Å². The van der Waals surface area contributed by atoms with E-state index in [1.807, 2.05) is 6.92 Å². The normalized spacial score (nSPS) is 24.4. The maximum absolute atomic E-state index is 5.57. The third-order valence-electron chi connectivity index (χ3n) is 2.64. The monoisotopic (exact) mass is 224 g/mol.